The van der Waals surface area contributed by atoms with Crippen molar-refractivity contribution in [1.82, 2.24) is 9.80 Å². The van der Waals surface area contributed by atoms with Gasteiger partial charge in [0.2, 0.25) is 11.8 Å². The van der Waals surface area contributed by atoms with E-state index in [0.717, 1.165) is 52.1 Å². The Morgan fingerprint density at radius 1 is 0.964 bits per heavy atom. The Hall–Kier alpha value is -2.04. The van der Waals surface area contributed by atoms with Gasteiger partial charge in [0.05, 0.1) is 0 Å². The lowest BCUT2D eigenvalue weighted by Gasteiger charge is -2.40. The highest BCUT2D eigenvalue weighted by molar-refractivity contribution is 5.80. The Bertz CT molecular complexity index is 700. The van der Waals surface area contributed by atoms with E-state index in [-0.39, 0.29) is 17.7 Å². The average molecular weight is 386 g/mol. The van der Waals surface area contributed by atoms with Gasteiger partial charge in [-0.1, -0.05) is 26.0 Å². The van der Waals surface area contributed by atoms with E-state index in [1.54, 1.807) is 0 Å². The van der Waals surface area contributed by atoms with Gasteiger partial charge in [-0.05, 0) is 49.8 Å². The SMILES string of the molecule is Cc1cccc(N2CCN(C(=O)C3CCN(C(=O)CC(C)C)CC3)CC2)c1C. The molecule has 5 nitrogen and oxygen atoms in total. The van der Waals surface area contributed by atoms with Crippen molar-refractivity contribution >= 4 is 17.5 Å². The minimum atomic E-state index is 0.0790. The van der Waals surface area contributed by atoms with Crippen LogP contribution in [0.15, 0.2) is 18.2 Å². The van der Waals surface area contributed by atoms with Crippen LogP contribution in [0.4, 0.5) is 5.69 Å². The van der Waals surface area contributed by atoms with Crippen LogP contribution in [0, 0.1) is 25.7 Å². The summed E-state index contributed by atoms with van der Waals surface area (Å²) in [5.74, 6) is 0.996. The molecule has 0 N–H and O–H groups in total. The van der Waals surface area contributed by atoms with E-state index in [9.17, 15) is 9.59 Å². The van der Waals surface area contributed by atoms with E-state index in [4.69, 9.17) is 0 Å². The van der Waals surface area contributed by atoms with Gasteiger partial charge in [0.1, 0.15) is 0 Å². The molecule has 5 heteroatoms. The average Bonchev–Trinajstić information content (AvgIpc) is 2.69. The summed E-state index contributed by atoms with van der Waals surface area (Å²) in [6, 6.07) is 6.45. The highest BCUT2D eigenvalue weighted by Crippen LogP contribution is 2.26. The molecule has 2 heterocycles. The molecular weight excluding hydrogens is 350 g/mol. The topological polar surface area (TPSA) is 43.9 Å². The number of piperazine rings is 1. The normalized spacial score (nSPS) is 18.7. The second kappa shape index (κ2) is 8.97. The zero-order valence-electron chi connectivity index (χ0n) is 17.9. The largest absolute Gasteiger partial charge is 0.368 e. The number of anilines is 1. The summed E-state index contributed by atoms with van der Waals surface area (Å²) in [7, 11) is 0. The molecule has 0 aromatic heterocycles. The van der Waals surface area contributed by atoms with Gasteiger partial charge in [0.25, 0.3) is 0 Å². The molecular formula is C23H35N3O2. The van der Waals surface area contributed by atoms with Gasteiger partial charge >= 0.3 is 0 Å². The predicted molar refractivity (Wildman–Crippen MR) is 113 cm³/mol. The molecule has 0 radical (unpaired) electrons. The van der Waals surface area contributed by atoms with Crippen LogP contribution in [0.1, 0.15) is 44.2 Å². The van der Waals surface area contributed by atoms with Crippen molar-refractivity contribution in [2.45, 2.75) is 47.0 Å². The first-order valence-electron chi connectivity index (χ1n) is 10.7. The summed E-state index contributed by atoms with van der Waals surface area (Å²) < 4.78 is 0. The monoisotopic (exact) mass is 385 g/mol. The van der Waals surface area contributed by atoms with Gasteiger partial charge < -0.3 is 14.7 Å². The van der Waals surface area contributed by atoms with Gasteiger partial charge in [0.15, 0.2) is 0 Å². The minimum absolute atomic E-state index is 0.0790. The molecule has 2 aliphatic rings. The summed E-state index contributed by atoms with van der Waals surface area (Å²) in [4.78, 5) is 31.6. The predicted octanol–water partition coefficient (Wildman–Crippen LogP) is 3.24. The number of carbonyl (C=O) groups excluding carboxylic acids is 2. The van der Waals surface area contributed by atoms with Gasteiger partial charge in [-0.25, -0.2) is 0 Å². The van der Waals surface area contributed by atoms with Crippen molar-refractivity contribution in [1.29, 1.82) is 0 Å². The van der Waals surface area contributed by atoms with Crippen molar-refractivity contribution in [2.75, 3.05) is 44.2 Å². The van der Waals surface area contributed by atoms with E-state index in [0.29, 0.717) is 12.3 Å². The molecule has 28 heavy (non-hydrogen) atoms. The van der Waals surface area contributed by atoms with Crippen LogP contribution in [-0.4, -0.2) is 60.9 Å². The lowest BCUT2D eigenvalue weighted by Crippen LogP contribution is -2.52. The van der Waals surface area contributed by atoms with E-state index in [2.05, 4.69) is 50.8 Å². The number of nitrogens with zero attached hydrogens (tertiary/aromatic N) is 3. The van der Waals surface area contributed by atoms with Crippen LogP contribution in [0.25, 0.3) is 0 Å². The molecule has 2 aliphatic heterocycles. The van der Waals surface area contributed by atoms with E-state index in [1.807, 2.05) is 9.80 Å². The van der Waals surface area contributed by atoms with E-state index in [1.165, 1.54) is 16.8 Å². The number of benzene rings is 1. The molecule has 0 bridgehead atoms. The number of hydrogen-bond acceptors (Lipinski definition) is 3. The van der Waals surface area contributed by atoms with Crippen molar-refractivity contribution in [2.24, 2.45) is 11.8 Å². The smallest absolute Gasteiger partial charge is 0.225 e. The van der Waals surface area contributed by atoms with Crippen molar-refractivity contribution in [3.8, 4) is 0 Å². The Labute approximate surface area is 169 Å². The second-order valence-electron chi connectivity index (χ2n) is 8.78. The maximum atomic E-state index is 13.0. The summed E-state index contributed by atoms with van der Waals surface area (Å²) in [5.41, 5.74) is 3.94. The molecule has 2 fully saturated rings. The molecule has 3 rings (SSSR count). The van der Waals surface area contributed by atoms with Crippen LogP contribution < -0.4 is 4.90 Å². The first-order chi connectivity index (χ1) is 13.4. The summed E-state index contributed by atoms with van der Waals surface area (Å²) in [5, 5.41) is 0. The summed E-state index contributed by atoms with van der Waals surface area (Å²) in [6.07, 6.45) is 2.22. The molecule has 0 saturated carbocycles. The van der Waals surface area contributed by atoms with E-state index >= 15 is 0 Å². The molecule has 2 amide bonds. The lowest BCUT2D eigenvalue weighted by molar-refractivity contribution is -0.141. The van der Waals surface area contributed by atoms with Crippen molar-refractivity contribution in [3.05, 3.63) is 29.3 Å². The first-order valence-corrected chi connectivity index (χ1v) is 10.7. The van der Waals surface area contributed by atoms with Gasteiger partial charge in [-0.2, -0.15) is 0 Å². The zero-order valence-corrected chi connectivity index (χ0v) is 17.9. The third-order valence-corrected chi connectivity index (χ3v) is 6.29. The van der Waals surface area contributed by atoms with Crippen LogP contribution >= 0.6 is 0 Å². The summed E-state index contributed by atoms with van der Waals surface area (Å²) in [6.45, 7) is 13.3. The molecule has 1 aromatic carbocycles. The van der Waals surface area contributed by atoms with Gasteiger partial charge in [-0.15, -0.1) is 0 Å². The highest BCUT2D eigenvalue weighted by Gasteiger charge is 2.32. The van der Waals surface area contributed by atoms with Gasteiger partial charge in [0, 0.05) is 57.3 Å². The zero-order chi connectivity index (χ0) is 20.3. The lowest BCUT2D eigenvalue weighted by atomic mass is 9.94. The molecule has 0 unspecified atom stereocenters. The fourth-order valence-electron chi connectivity index (χ4n) is 4.36. The molecule has 0 aliphatic carbocycles. The van der Waals surface area contributed by atoms with Gasteiger partial charge in [-0.3, -0.25) is 9.59 Å². The van der Waals surface area contributed by atoms with Crippen LogP contribution in [0.5, 0.6) is 0 Å². The van der Waals surface area contributed by atoms with Crippen LogP contribution in [0.3, 0.4) is 0 Å². The highest BCUT2D eigenvalue weighted by atomic mass is 16.2. The van der Waals surface area contributed by atoms with Crippen LogP contribution in [-0.2, 0) is 9.59 Å². The minimum Gasteiger partial charge on any atom is -0.368 e. The molecule has 0 atom stereocenters. The maximum Gasteiger partial charge on any atom is 0.225 e. The number of rotatable bonds is 4. The fourth-order valence-corrected chi connectivity index (χ4v) is 4.36. The van der Waals surface area contributed by atoms with Crippen molar-refractivity contribution in [3.63, 3.8) is 0 Å². The number of likely N-dealkylation sites (tertiary alicyclic amines) is 1. The standard InChI is InChI=1S/C23H35N3O2/c1-17(2)16-22(27)25-10-8-20(9-11-25)23(28)26-14-12-24(13-15-26)21-7-5-6-18(3)19(21)4/h5-7,17,20H,8-16H2,1-4H3. The molecule has 0 spiro atoms. The Balaban J connectivity index is 1.49. The first kappa shape index (κ1) is 20.7. The number of amides is 2. The van der Waals surface area contributed by atoms with Crippen LogP contribution in [0.2, 0.25) is 0 Å². The Kier molecular flexibility index (Phi) is 6.63. The maximum absolute atomic E-state index is 13.0. The summed E-state index contributed by atoms with van der Waals surface area (Å²) >= 11 is 0. The third-order valence-electron chi connectivity index (χ3n) is 6.29. The van der Waals surface area contributed by atoms with Crippen molar-refractivity contribution < 1.29 is 9.59 Å². The second-order valence-corrected chi connectivity index (χ2v) is 8.78. The number of piperidine rings is 1. The molecule has 1 aromatic rings. The quantitative estimate of drug-likeness (QED) is 0.799. The Morgan fingerprint density at radius 3 is 2.21 bits per heavy atom. The van der Waals surface area contributed by atoms with E-state index < -0.39 is 0 Å². The molecule has 2 saturated heterocycles. The number of hydrogen-bond donors (Lipinski definition) is 0. The number of aryl methyl sites for hydroxylation is 1. The fraction of sp³-hybridized carbons (Fsp3) is 0.652. The third kappa shape index (κ3) is 4.68. The molecule has 154 valence electrons. The number of carbonyl (C=O) groups is 2. The Morgan fingerprint density at radius 2 is 1.61 bits per heavy atom.